The molecule has 1 atom stereocenters. The fourth-order valence-corrected chi connectivity index (χ4v) is 1.97. The largest absolute Gasteiger partial charge is 0.377 e. The van der Waals surface area contributed by atoms with Gasteiger partial charge >= 0.3 is 0 Å². The predicted octanol–water partition coefficient (Wildman–Crippen LogP) is 2.13. The van der Waals surface area contributed by atoms with E-state index in [1.807, 2.05) is 12.1 Å². The van der Waals surface area contributed by atoms with Crippen molar-refractivity contribution in [3.8, 4) is 6.07 Å². The lowest BCUT2D eigenvalue weighted by atomic mass is 9.90. The van der Waals surface area contributed by atoms with Crippen LogP contribution in [0.2, 0.25) is 0 Å². The number of nitrogens with zero attached hydrogens (tertiary/aromatic N) is 2. The molecule has 92 valence electrons. The average molecular weight is 232 g/mol. The number of nitrogens with one attached hydrogen (secondary N) is 1. The molecule has 0 radical (unpaired) electrons. The average Bonchev–Trinajstić information content (AvgIpc) is 2.29. The van der Waals surface area contributed by atoms with Gasteiger partial charge in [-0.3, -0.25) is 0 Å². The van der Waals surface area contributed by atoms with Crippen molar-refractivity contribution < 1.29 is 0 Å². The molecule has 0 aliphatic rings. The van der Waals surface area contributed by atoms with Gasteiger partial charge in [0.15, 0.2) is 0 Å². The molecule has 0 aromatic carbocycles. The van der Waals surface area contributed by atoms with Crippen LogP contribution < -0.4 is 11.1 Å². The van der Waals surface area contributed by atoms with Gasteiger partial charge in [0.1, 0.15) is 11.8 Å². The molecule has 0 amide bonds. The summed E-state index contributed by atoms with van der Waals surface area (Å²) in [6.45, 7) is 7.01. The van der Waals surface area contributed by atoms with Crippen molar-refractivity contribution in [1.82, 2.24) is 4.98 Å². The van der Waals surface area contributed by atoms with Crippen molar-refractivity contribution in [3.05, 3.63) is 24.0 Å². The zero-order valence-corrected chi connectivity index (χ0v) is 10.7. The molecule has 1 heterocycles. The minimum atomic E-state index is -0.135. The lowest BCUT2D eigenvalue weighted by molar-refractivity contribution is 0.407. The Kier molecular flexibility index (Phi) is 4.47. The van der Waals surface area contributed by atoms with Gasteiger partial charge < -0.3 is 11.1 Å². The van der Waals surface area contributed by atoms with Crippen LogP contribution in [0.5, 0.6) is 0 Å². The summed E-state index contributed by atoms with van der Waals surface area (Å²) < 4.78 is 0. The summed E-state index contributed by atoms with van der Waals surface area (Å²) in [5.41, 5.74) is 7.01. The lowest BCUT2D eigenvalue weighted by Crippen LogP contribution is -2.43. The molecule has 0 aliphatic heterocycles. The zero-order chi connectivity index (χ0) is 12.9. The van der Waals surface area contributed by atoms with E-state index < -0.39 is 0 Å². The molecule has 1 aromatic rings. The third-order valence-electron chi connectivity index (χ3n) is 2.63. The number of aromatic nitrogens is 1. The van der Waals surface area contributed by atoms with Gasteiger partial charge in [-0.15, -0.1) is 0 Å². The summed E-state index contributed by atoms with van der Waals surface area (Å²) in [6.07, 6.45) is 2.66. The van der Waals surface area contributed by atoms with Crippen LogP contribution in [0.15, 0.2) is 18.3 Å². The van der Waals surface area contributed by atoms with E-state index in [1.165, 1.54) is 0 Å². The second-order valence-electron chi connectivity index (χ2n) is 5.03. The fourth-order valence-electron chi connectivity index (χ4n) is 1.97. The van der Waals surface area contributed by atoms with Crippen molar-refractivity contribution in [2.45, 2.75) is 32.7 Å². The van der Waals surface area contributed by atoms with Gasteiger partial charge in [0.05, 0.1) is 11.9 Å². The molecule has 0 fully saturated rings. The molecular weight excluding hydrogens is 212 g/mol. The molecule has 1 rings (SSSR count). The van der Waals surface area contributed by atoms with E-state index in [4.69, 9.17) is 11.0 Å². The van der Waals surface area contributed by atoms with Crippen LogP contribution in [-0.2, 0) is 0 Å². The molecule has 0 saturated carbocycles. The Hall–Kier alpha value is -1.60. The Labute approximate surface area is 103 Å². The van der Waals surface area contributed by atoms with Crippen molar-refractivity contribution in [3.63, 3.8) is 0 Å². The fraction of sp³-hybridized carbons (Fsp3) is 0.538. The first-order chi connectivity index (χ1) is 7.99. The topological polar surface area (TPSA) is 74.7 Å². The number of rotatable bonds is 5. The number of hydrogen-bond donors (Lipinski definition) is 2. The van der Waals surface area contributed by atoms with Crippen LogP contribution in [0.25, 0.3) is 0 Å². The highest BCUT2D eigenvalue weighted by molar-refractivity contribution is 5.45. The first-order valence-corrected chi connectivity index (χ1v) is 5.83. The zero-order valence-electron chi connectivity index (χ0n) is 10.7. The number of pyridine rings is 1. The van der Waals surface area contributed by atoms with Crippen molar-refractivity contribution >= 4 is 5.69 Å². The number of hydrogen-bond acceptors (Lipinski definition) is 4. The Morgan fingerprint density at radius 1 is 1.53 bits per heavy atom. The second-order valence-corrected chi connectivity index (χ2v) is 5.03. The number of nitriles is 1. The molecule has 4 heteroatoms. The predicted molar refractivity (Wildman–Crippen MR) is 69.5 cm³/mol. The summed E-state index contributed by atoms with van der Waals surface area (Å²) in [4.78, 5) is 4.03. The highest BCUT2D eigenvalue weighted by Gasteiger charge is 2.23. The van der Waals surface area contributed by atoms with Gasteiger partial charge in [-0.1, -0.05) is 13.8 Å². The highest BCUT2D eigenvalue weighted by Crippen LogP contribution is 2.21. The Bertz CT molecular complexity index is 391. The van der Waals surface area contributed by atoms with Gasteiger partial charge in [-0.25, -0.2) is 4.98 Å². The number of nitrogens with two attached hydrogens (primary N) is 1. The van der Waals surface area contributed by atoms with E-state index in [-0.39, 0.29) is 5.54 Å². The Morgan fingerprint density at radius 2 is 2.24 bits per heavy atom. The van der Waals surface area contributed by atoms with Gasteiger partial charge in [-0.05, 0) is 31.4 Å². The maximum absolute atomic E-state index is 8.67. The van der Waals surface area contributed by atoms with Crippen molar-refractivity contribution in [2.75, 3.05) is 11.9 Å². The molecule has 1 unspecified atom stereocenters. The van der Waals surface area contributed by atoms with Gasteiger partial charge in [-0.2, -0.15) is 5.26 Å². The summed E-state index contributed by atoms with van der Waals surface area (Å²) in [5, 5.41) is 12.1. The van der Waals surface area contributed by atoms with Crippen molar-refractivity contribution in [1.29, 1.82) is 5.26 Å². The van der Waals surface area contributed by atoms with Crippen LogP contribution in [-0.4, -0.2) is 17.1 Å². The minimum absolute atomic E-state index is 0.135. The SMILES string of the molecule is CC(C)CC(C)(CN)Nc1ccc(C#N)nc1. The Morgan fingerprint density at radius 3 is 2.65 bits per heavy atom. The summed E-state index contributed by atoms with van der Waals surface area (Å²) in [6, 6.07) is 5.56. The first kappa shape index (κ1) is 13.5. The third-order valence-corrected chi connectivity index (χ3v) is 2.63. The quantitative estimate of drug-likeness (QED) is 0.815. The third kappa shape index (κ3) is 4.04. The minimum Gasteiger partial charge on any atom is -0.377 e. The molecule has 1 aromatic heterocycles. The standard InChI is InChI=1S/C13H20N4/c1-10(2)6-13(3,9-15)17-12-5-4-11(7-14)16-8-12/h4-5,8,10,17H,6,9,15H2,1-3H3. The molecule has 0 aliphatic carbocycles. The maximum atomic E-state index is 8.67. The van der Waals surface area contributed by atoms with E-state index in [1.54, 1.807) is 12.3 Å². The van der Waals surface area contributed by atoms with E-state index in [2.05, 4.69) is 31.1 Å². The first-order valence-electron chi connectivity index (χ1n) is 5.83. The molecule has 17 heavy (non-hydrogen) atoms. The maximum Gasteiger partial charge on any atom is 0.140 e. The van der Waals surface area contributed by atoms with Crippen LogP contribution in [0.4, 0.5) is 5.69 Å². The second kappa shape index (κ2) is 5.65. The smallest absolute Gasteiger partial charge is 0.140 e. The van der Waals surface area contributed by atoms with Crippen LogP contribution in [0.1, 0.15) is 32.9 Å². The molecule has 0 spiro atoms. The van der Waals surface area contributed by atoms with Gasteiger partial charge in [0.2, 0.25) is 0 Å². The molecule has 4 nitrogen and oxygen atoms in total. The summed E-state index contributed by atoms with van der Waals surface area (Å²) >= 11 is 0. The van der Waals surface area contributed by atoms with Gasteiger partial charge in [0.25, 0.3) is 0 Å². The molecule has 0 saturated heterocycles. The Balaban J connectivity index is 2.76. The normalized spacial score (nSPS) is 14.1. The molecule has 0 bridgehead atoms. The molecular formula is C13H20N4. The van der Waals surface area contributed by atoms with E-state index in [0.29, 0.717) is 18.2 Å². The summed E-state index contributed by atoms with van der Waals surface area (Å²) in [7, 11) is 0. The van der Waals surface area contributed by atoms with Crippen LogP contribution in [0.3, 0.4) is 0 Å². The molecule has 3 N–H and O–H groups in total. The van der Waals surface area contributed by atoms with E-state index >= 15 is 0 Å². The monoisotopic (exact) mass is 232 g/mol. The lowest BCUT2D eigenvalue weighted by Gasteiger charge is -2.32. The summed E-state index contributed by atoms with van der Waals surface area (Å²) in [5.74, 6) is 0.572. The van der Waals surface area contributed by atoms with Crippen molar-refractivity contribution in [2.24, 2.45) is 11.7 Å². The number of anilines is 1. The van der Waals surface area contributed by atoms with Gasteiger partial charge in [0, 0.05) is 12.1 Å². The van der Waals surface area contributed by atoms with E-state index in [0.717, 1.165) is 12.1 Å². The van der Waals surface area contributed by atoms with E-state index in [9.17, 15) is 0 Å². The van der Waals surface area contributed by atoms with Crippen LogP contribution in [0, 0.1) is 17.2 Å². The highest BCUT2D eigenvalue weighted by atomic mass is 15.0. The van der Waals surface area contributed by atoms with Crippen LogP contribution >= 0.6 is 0 Å².